The SMILES string of the molecule is CCOc1cc(/C=N/Nc2nc3ccccc3[nH]2)cc(Cl)c1O. The van der Waals surface area contributed by atoms with E-state index in [0.717, 1.165) is 11.0 Å². The van der Waals surface area contributed by atoms with E-state index in [2.05, 4.69) is 20.5 Å². The van der Waals surface area contributed by atoms with Gasteiger partial charge in [-0.2, -0.15) is 5.10 Å². The minimum atomic E-state index is -0.0732. The van der Waals surface area contributed by atoms with Gasteiger partial charge in [-0.1, -0.05) is 23.7 Å². The lowest BCUT2D eigenvalue weighted by molar-refractivity contribution is 0.318. The first kappa shape index (κ1) is 15.2. The fraction of sp³-hybridized carbons (Fsp3) is 0.125. The molecule has 0 unspecified atom stereocenters. The van der Waals surface area contributed by atoms with Crippen LogP contribution in [0.5, 0.6) is 11.5 Å². The molecule has 0 aliphatic heterocycles. The second-order valence-electron chi connectivity index (χ2n) is 4.76. The zero-order chi connectivity index (χ0) is 16.2. The van der Waals surface area contributed by atoms with Crippen molar-refractivity contribution in [3.05, 3.63) is 47.0 Å². The van der Waals surface area contributed by atoms with E-state index in [1.54, 1.807) is 18.3 Å². The van der Waals surface area contributed by atoms with E-state index in [1.165, 1.54) is 0 Å². The van der Waals surface area contributed by atoms with Gasteiger partial charge in [0.05, 0.1) is 28.9 Å². The summed E-state index contributed by atoms with van der Waals surface area (Å²) in [5.74, 6) is 0.790. The molecule has 0 bridgehead atoms. The van der Waals surface area contributed by atoms with Crippen LogP contribution in [0.4, 0.5) is 5.95 Å². The number of aromatic nitrogens is 2. The van der Waals surface area contributed by atoms with Crippen LogP contribution in [0.1, 0.15) is 12.5 Å². The number of hydrazone groups is 1. The van der Waals surface area contributed by atoms with Crippen LogP contribution in [-0.2, 0) is 0 Å². The Hall–Kier alpha value is -2.73. The van der Waals surface area contributed by atoms with E-state index < -0.39 is 0 Å². The number of aromatic amines is 1. The third kappa shape index (κ3) is 3.37. The van der Waals surface area contributed by atoms with Gasteiger partial charge in [0, 0.05) is 0 Å². The lowest BCUT2D eigenvalue weighted by Crippen LogP contribution is -1.95. The normalized spacial score (nSPS) is 11.2. The number of phenols is 1. The maximum atomic E-state index is 9.81. The summed E-state index contributed by atoms with van der Waals surface area (Å²) in [5.41, 5.74) is 5.30. The summed E-state index contributed by atoms with van der Waals surface area (Å²) in [6.07, 6.45) is 1.57. The number of H-pyrrole nitrogens is 1. The number of fused-ring (bicyclic) bond motifs is 1. The number of aromatic hydroxyl groups is 1. The summed E-state index contributed by atoms with van der Waals surface area (Å²) >= 11 is 5.97. The highest BCUT2D eigenvalue weighted by Gasteiger charge is 2.08. The number of rotatable bonds is 5. The largest absolute Gasteiger partial charge is 0.503 e. The Morgan fingerprint density at radius 2 is 2.22 bits per heavy atom. The van der Waals surface area contributed by atoms with Gasteiger partial charge in [0.15, 0.2) is 11.5 Å². The number of phenolic OH excluding ortho intramolecular Hbond substituents is 1. The van der Waals surface area contributed by atoms with Crippen LogP contribution >= 0.6 is 11.6 Å². The van der Waals surface area contributed by atoms with Gasteiger partial charge < -0.3 is 14.8 Å². The van der Waals surface area contributed by atoms with E-state index >= 15 is 0 Å². The molecule has 0 spiro atoms. The Morgan fingerprint density at radius 1 is 1.39 bits per heavy atom. The molecule has 1 heterocycles. The third-order valence-corrected chi connectivity index (χ3v) is 3.41. The van der Waals surface area contributed by atoms with Crippen molar-refractivity contribution in [2.75, 3.05) is 12.0 Å². The molecule has 0 atom stereocenters. The van der Waals surface area contributed by atoms with Gasteiger partial charge in [-0.25, -0.2) is 10.4 Å². The van der Waals surface area contributed by atoms with Crippen molar-refractivity contribution >= 4 is 34.8 Å². The maximum Gasteiger partial charge on any atom is 0.222 e. The van der Waals surface area contributed by atoms with Crippen LogP contribution in [0.3, 0.4) is 0 Å². The van der Waals surface area contributed by atoms with Crippen molar-refractivity contribution in [1.29, 1.82) is 0 Å². The molecule has 0 radical (unpaired) electrons. The van der Waals surface area contributed by atoms with Crippen molar-refractivity contribution < 1.29 is 9.84 Å². The third-order valence-electron chi connectivity index (χ3n) is 3.12. The highest BCUT2D eigenvalue weighted by Crippen LogP contribution is 2.34. The first-order valence-electron chi connectivity index (χ1n) is 7.06. The van der Waals surface area contributed by atoms with Crippen molar-refractivity contribution in [1.82, 2.24) is 9.97 Å². The molecule has 0 saturated carbocycles. The maximum absolute atomic E-state index is 9.81. The molecule has 1 aromatic heterocycles. The predicted molar refractivity (Wildman–Crippen MR) is 91.6 cm³/mol. The molecular weight excluding hydrogens is 316 g/mol. The quantitative estimate of drug-likeness (QED) is 0.491. The minimum Gasteiger partial charge on any atom is -0.503 e. The second-order valence-corrected chi connectivity index (χ2v) is 5.16. The molecule has 0 aliphatic rings. The van der Waals surface area contributed by atoms with Crippen LogP contribution in [0.25, 0.3) is 11.0 Å². The van der Waals surface area contributed by atoms with E-state index in [9.17, 15) is 5.11 Å². The smallest absolute Gasteiger partial charge is 0.222 e. The minimum absolute atomic E-state index is 0.0732. The van der Waals surface area contributed by atoms with Gasteiger partial charge in [0.2, 0.25) is 5.95 Å². The number of halogens is 1. The average Bonchev–Trinajstić information content (AvgIpc) is 2.95. The van der Waals surface area contributed by atoms with Gasteiger partial charge in [-0.05, 0) is 36.8 Å². The fourth-order valence-electron chi connectivity index (χ4n) is 2.11. The van der Waals surface area contributed by atoms with E-state index in [-0.39, 0.29) is 10.8 Å². The standard InChI is InChI=1S/C16H15ClN4O2/c1-2-23-14-8-10(7-11(17)15(14)22)9-18-21-16-19-12-5-3-4-6-13(12)20-16/h3-9,22H,2H2,1H3,(H2,19,20,21)/b18-9+. The highest BCUT2D eigenvalue weighted by atomic mass is 35.5. The zero-order valence-electron chi connectivity index (χ0n) is 12.4. The van der Waals surface area contributed by atoms with Crippen LogP contribution in [0.15, 0.2) is 41.5 Å². The summed E-state index contributed by atoms with van der Waals surface area (Å²) < 4.78 is 5.33. The number of hydrogen-bond donors (Lipinski definition) is 3. The Balaban J connectivity index is 1.77. The fourth-order valence-corrected chi connectivity index (χ4v) is 2.33. The van der Waals surface area contributed by atoms with Crippen LogP contribution in [-0.4, -0.2) is 27.9 Å². The predicted octanol–water partition coefficient (Wildman–Crippen LogP) is 3.77. The molecule has 0 aliphatic carbocycles. The van der Waals surface area contributed by atoms with Gasteiger partial charge in [0.25, 0.3) is 0 Å². The summed E-state index contributed by atoms with van der Waals surface area (Å²) in [6, 6.07) is 11.0. The van der Waals surface area contributed by atoms with Gasteiger partial charge in [-0.15, -0.1) is 0 Å². The lowest BCUT2D eigenvalue weighted by atomic mass is 10.2. The first-order chi connectivity index (χ1) is 11.2. The summed E-state index contributed by atoms with van der Waals surface area (Å²) in [4.78, 5) is 7.46. The topological polar surface area (TPSA) is 82.5 Å². The molecule has 2 aromatic carbocycles. The monoisotopic (exact) mass is 330 g/mol. The number of ether oxygens (including phenoxy) is 1. The summed E-state index contributed by atoms with van der Waals surface area (Å²) in [5, 5.41) is 14.1. The number of benzene rings is 2. The second kappa shape index (κ2) is 6.58. The Bertz CT molecular complexity index is 827. The molecule has 6 nitrogen and oxygen atoms in total. The number of anilines is 1. The molecule has 3 N–H and O–H groups in total. The Morgan fingerprint density at radius 3 is 3.00 bits per heavy atom. The molecule has 0 saturated heterocycles. The van der Waals surface area contributed by atoms with Gasteiger partial charge in [0.1, 0.15) is 0 Å². The van der Waals surface area contributed by atoms with Crippen LogP contribution in [0.2, 0.25) is 5.02 Å². The first-order valence-corrected chi connectivity index (χ1v) is 7.44. The van der Waals surface area contributed by atoms with Crippen molar-refractivity contribution in [3.8, 4) is 11.5 Å². The molecule has 0 fully saturated rings. The lowest BCUT2D eigenvalue weighted by Gasteiger charge is -2.08. The molecule has 3 aromatic rings. The molecule has 118 valence electrons. The average molecular weight is 331 g/mol. The Labute approximate surface area is 137 Å². The molecule has 23 heavy (non-hydrogen) atoms. The van der Waals surface area contributed by atoms with E-state index in [0.29, 0.717) is 23.9 Å². The molecular formula is C16H15ClN4O2. The number of hydrogen-bond acceptors (Lipinski definition) is 5. The Kier molecular flexibility index (Phi) is 4.34. The number of para-hydroxylation sites is 2. The number of nitrogens with one attached hydrogen (secondary N) is 2. The van der Waals surface area contributed by atoms with E-state index in [4.69, 9.17) is 16.3 Å². The molecule has 0 amide bonds. The number of imidazole rings is 1. The van der Waals surface area contributed by atoms with Crippen molar-refractivity contribution in [2.24, 2.45) is 5.10 Å². The van der Waals surface area contributed by atoms with Gasteiger partial charge >= 0.3 is 0 Å². The van der Waals surface area contributed by atoms with Crippen LogP contribution < -0.4 is 10.2 Å². The molecule has 7 heteroatoms. The van der Waals surface area contributed by atoms with E-state index in [1.807, 2.05) is 31.2 Å². The van der Waals surface area contributed by atoms with Crippen molar-refractivity contribution in [2.45, 2.75) is 6.92 Å². The number of nitrogens with zero attached hydrogens (tertiary/aromatic N) is 2. The summed E-state index contributed by atoms with van der Waals surface area (Å²) in [6.45, 7) is 2.26. The summed E-state index contributed by atoms with van der Waals surface area (Å²) in [7, 11) is 0. The highest BCUT2D eigenvalue weighted by molar-refractivity contribution is 6.32. The molecule has 3 rings (SSSR count). The van der Waals surface area contributed by atoms with Gasteiger partial charge in [-0.3, -0.25) is 0 Å². The zero-order valence-corrected chi connectivity index (χ0v) is 13.1. The van der Waals surface area contributed by atoms with Crippen LogP contribution in [0, 0.1) is 0 Å². The van der Waals surface area contributed by atoms with Crippen molar-refractivity contribution in [3.63, 3.8) is 0 Å².